The van der Waals surface area contributed by atoms with Crippen LogP contribution in [0.25, 0.3) is 0 Å². The molecule has 0 aliphatic heterocycles. The predicted molar refractivity (Wildman–Crippen MR) is 82.2 cm³/mol. The summed E-state index contributed by atoms with van der Waals surface area (Å²) in [7, 11) is 0. The Bertz CT molecular complexity index is 468. The van der Waals surface area contributed by atoms with Crippen molar-refractivity contribution in [2.45, 2.75) is 39.7 Å². The summed E-state index contributed by atoms with van der Waals surface area (Å²) in [6.45, 7) is 8.48. The molecule has 1 amide bonds. The molecule has 3 atom stereocenters. The Labute approximate surface area is 122 Å². The van der Waals surface area contributed by atoms with Crippen LogP contribution in [0.4, 0.5) is 0 Å². The van der Waals surface area contributed by atoms with Gasteiger partial charge >= 0.3 is 0 Å². The molecule has 0 bridgehead atoms. The lowest BCUT2D eigenvalue weighted by atomic mass is 9.67. The van der Waals surface area contributed by atoms with Gasteiger partial charge in [-0.1, -0.05) is 43.7 Å². The van der Waals surface area contributed by atoms with E-state index in [-0.39, 0.29) is 11.8 Å². The van der Waals surface area contributed by atoms with Gasteiger partial charge in [-0.2, -0.15) is 0 Å². The first kappa shape index (κ1) is 15.0. The summed E-state index contributed by atoms with van der Waals surface area (Å²) in [6.07, 6.45) is 2.05. The maximum absolute atomic E-state index is 11.6. The summed E-state index contributed by atoms with van der Waals surface area (Å²) < 4.78 is 0. The van der Waals surface area contributed by atoms with Gasteiger partial charge in [0.2, 0.25) is 5.91 Å². The lowest BCUT2D eigenvalue weighted by Gasteiger charge is -2.45. The van der Waals surface area contributed by atoms with Crippen LogP contribution in [0.15, 0.2) is 24.3 Å². The second kappa shape index (κ2) is 6.40. The number of rotatable bonds is 6. The first-order valence-electron chi connectivity index (χ1n) is 7.68. The second-order valence-electron chi connectivity index (χ2n) is 5.83. The molecule has 0 spiro atoms. The van der Waals surface area contributed by atoms with Gasteiger partial charge in [0.1, 0.15) is 0 Å². The molecule has 0 saturated heterocycles. The van der Waals surface area contributed by atoms with E-state index < -0.39 is 0 Å². The molecule has 0 heterocycles. The van der Waals surface area contributed by atoms with E-state index in [0.29, 0.717) is 12.0 Å². The number of carbonyl (C=O) groups excluding carboxylic acids is 1. The zero-order valence-electron chi connectivity index (χ0n) is 12.8. The third-order valence-electron chi connectivity index (χ3n) is 4.69. The first-order chi connectivity index (χ1) is 9.58. The van der Waals surface area contributed by atoms with Crippen LogP contribution in [0.1, 0.15) is 43.9 Å². The van der Waals surface area contributed by atoms with Crippen molar-refractivity contribution >= 4 is 5.91 Å². The van der Waals surface area contributed by atoms with Crippen LogP contribution in [-0.4, -0.2) is 23.9 Å². The number of nitrogens with two attached hydrogens (primary N) is 1. The maximum atomic E-state index is 11.6. The Kier molecular flexibility index (Phi) is 4.81. The Morgan fingerprint density at radius 3 is 2.50 bits per heavy atom. The summed E-state index contributed by atoms with van der Waals surface area (Å²) in [6, 6.07) is 8.98. The molecule has 1 aliphatic carbocycles. The van der Waals surface area contributed by atoms with Crippen LogP contribution in [0.2, 0.25) is 0 Å². The fraction of sp³-hybridized carbons (Fsp3) is 0.588. The van der Waals surface area contributed by atoms with Crippen molar-refractivity contribution < 1.29 is 4.79 Å². The SMILES string of the molecule is CCN(CC)C(c1cccc(C)c1)C1CCC1C(N)=O. The Morgan fingerprint density at radius 1 is 1.35 bits per heavy atom. The molecule has 3 heteroatoms. The van der Waals surface area contributed by atoms with Crippen LogP contribution >= 0.6 is 0 Å². The van der Waals surface area contributed by atoms with Gasteiger partial charge in [0, 0.05) is 12.0 Å². The Balaban J connectivity index is 2.32. The van der Waals surface area contributed by atoms with Crippen molar-refractivity contribution in [2.75, 3.05) is 13.1 Å². The maximum Gasteiger partial charge on any atom is 0.220 e. The lowest BCUT2D eigenvalue weighted by Crippen LogP contribution is -2.46. The number of benzene rings is 1. The molecule has 1 fully saturated rings. The number of aryl methyl sites for hydroxylation is 1. The minimum atomic E-state index is -0.133. The van der Waals surface area contributed by atoms with Crippen molar-refractivity contribution in [2.24, 2.45) is 17.6 Å². The average molecular weight is 274 g/mol. The van der Waals surface area contributed by atoms with E-state index in [0.717, 1.165) is 25.9 Å². The standard InChI is InChI=1S/C17H26N2O/c1-4-19(5-2)16(13-8-6-7-12(3)11-13)14-9-10-15(14)17(18)20/h6-8,11,14-16H,4-5,9-10H2,1-3H3,(H2,18,20). The van der Waals surface area contributed by atoms with E-state index in [1.807, 2.05) is 0 Å². The minimum absolute atomic E-state index is 0.0427. The molecule has 2 N–H and O–H groups in total. The number of hydrogen-bond acceptors (Lipinski definition) is 2. The molecule has 3 unspecified atom stereocenters. The van der Waals surface area contributed by atoms with E-state index in [1.165, 1.54) is 11.1 Å². The molecule has 3 nitrogen and oxygen atoms in total. The van der Waals surface area contributed by atoms with Crippen molar-refractivity contribution in [3.05, 3.63) is 35.4 Å². The topological polar surface area (TPSA) is 46.3 Å². The van der Waals surface area contributed by atoms with E-state index in [2.05, 4.69) is 49.9 Å². The van der Waals surface area contributed by atoms with E-state index in [4.69, 9.17) is 5.73 Å². The third kappa shape index (κ3) is 2.88. The highest BCUT2D eigenvalue weighted by Crippen LogP contribution is 2.45. The molecule has 1 aliphatic rings. The lowest BCUT2D eigenvalue weighted by molar-refractivity contribution is -0.129. The summed E-state index contributed by atoms with van der Waals surface area (Å²) in [5, 5.41) is 0. The Morgan fingerprint density at radius 2 is 2.05 bits per heavy atom. The van der Waals surface area contributed by atoms with Gasteiger partial charge < -0.3 is 5.73 Å². The Hall–Kier alpha value is -1.35. The molecule has 1 aromatic carbocycles. The normalized spacial score (nSPS) is 23.4. The van der Waals surface area contributed by atoms with Gasteiger partial charge in [-0.05, 0) is 44.3 Å². The van der Waals surface area contributed by atoms with Gasteiger partial charge in [0.25, 0.3) is 0 Å². The molecule has 110 valence electrons. The van der Waals surface area contributed by atoms with Crippen molar-refractivity contribution in [1.29, 1.82) is 0 Å². The monoisotopic (exact) mass is 274 g/mol. The van der Waals surface area contributed by atoms with Crippen LogP contribution in [0.3, 0.4) is 0 Å². The quantitative estimate of drug-likeness (QED) is 0.867. The summed E-state index contributed by atoms with van der Waals surface area (Å²) in [5.74, 6) is 0.279. The van der Waals surface area contributed by atoms with Crippen LogP contribution in [-0.2, 0) is 4.79 Å². The molecule has 0 radical (unpaired) electrons. The second-order valence-corrected chi connectivity index (χ2v) is 5.83. The predicted octanol–water partition coefficient (Wildman–Crippen LogP) is 2.89. The number of nitrogens with zero attached hydrogens (tertiary/aromatic N) is 1. The summed E-state index contributed by atoms with van der Waals surface area (Å²) in [5.41, 5.74) is 8.16. The molecule has 2 rings (SSSR count). The third-order valence-corrected chi connectivity index (χ3v) is 4.69. The molecule has 1 saturated carbocycles. The number of primary amides is 1. The number of hydrogen-bond donors (Lipinski definition) is 1. The van der Waals surface area contributed by atoms with Gasteiger partial charge in [-0.3, -0.25) is 9.69 Å². The van der Waals surface area contributed by atoms with Gasteiger partial charge in [-0.25, -0.2) is 0 Å². The van der Waals surface area contributed by atoms with E-state index in [1.54, 1.807) is 0 Å². The summed E-state index contributed by atoms with van der Waals surface area (Å²) >= 11 is 0. The van der Waals surface area contributed by atoms with Crippen molar-refractivity contribution in [3.63, 3.8) is 0 Å². The molecule has 1 aromatic rings. The first-order valence-corrected chi connectivity index (χ1v) is 7.68. The van der Waals surface area contributed by atoms with Crippen molar-refractivity contribution in [1.82, 2.24) is 4.90 Å². The minimum Gasteiger partial charge on any atom is -0.369 e. The highest BCUT2D eigenvalue weighted by molar-refractivity contribution is 5.78. The highest BCUT2D eigenvalue weighted by Gasteiger charge is 2.42. The zero-order chi connectivity index (χ0) is 14.7. The van der Waals surface area contributed by atoms with E-state index in [9.17, 15) is 4.79 Å². The molecular weight excluding hydrogens is 248 g/mol. The van der Waals surface area contributed by atoms with Crippen LogP contribution in [0, 0.1) is 18.8 Å². The fourth-order valence-corrected chi connectivity index (χ4v) is 3.46. The largest absolute Gasteiger partial charge is 0.369 e. The summed E-state index contributed by atoms with van der Waals surface area (Å²) in [4.78, 5) is 14.1. The fourth-order valence-electron chi connectivity index (χ4n) is 3.46. The van der Waals surface area contributed by atoms with Crippen molar-refractivity contribution in [3.8, 4) is 0 Å². The van der Waals surface area contributed by atoms with Crippen LogP contribution < -0.4 is 5.73 Å². The molecule has 20 heavy (non-hydrogen) atoms. The van der Waals surface area contributed by atoms with E-state index >= 15 is 0 Å². The van der Waals surface area contributed by atoms with Gasteiger partial charge in [-0.15, -0.1) is 0 Å². The molecular formula is C17H26N2O. The number of amides is 1. The average Bonchev–Trinajstić information content (AvgIpc) is 2.36. The van der Waals surface area contributed by atoms with Gasteiger partial charge in [0.05, 0.1) is 0 Å². The zero-order valence-corrected chi connectivity index (χ0v) is 12.8. The molecule has 0 aromatic heterocycles. The smallest absolute Gasteiger partial charge is 0.220 e. The van der Waals surface area contributed by atoms with Gasteiger partial charge in [0.15, 0.2) is 0 Å². The number of carbonyl (C=O) groups is 1. The van der Waals surface area contributed by atoms with Crippen LogP contribution in [0.5, 0.6) is 0 Å². The highest BCUT2D eigenvalue weighted by atomic mass is 16.1.